The molecule has 1 fully saturated rings. The van der Waals surface area contributed by atoms with Crippen LogP contribution in [0.1, 0.15) is 66.8 Å². The summed E-state index contributed by atoms with van der Waals surface area (Å²) in [6.07, 6.45) is 5.52. The Morgan fingerprint density at radius 2 is 1.81 bits per heavy atom. The summed E-state index contributed by atoms with van der Waals surface area (Å²) in [6.45, 7) is 12.4. The quantitative estimate of drug-likeness (QED) is 0.743. The number of aromatic amines is 1. The van der Waals surface area contributed by atoms with Gasteiger partial charge in [-0.05, 0) is 30.1 Å². The fraction of sp³-hybridized carbons (Fsp3) is 0.650. The minimum absolute atomic E-state index is 0.192. The average Bonchev–Trinajstić information content (AvgIpc) is 2.74. The number of aromatic nitrogens is 2. The SMILES string of the molecule is CC(C)C.CC1C=c2c([nH]n(C3CC(C)(C)CC(=O)NC3=O)c2=O)=CC1. The van der Waals surface area contributed by atoms with Gasteiger partial charge in [-0.3, -0.25) is 24.8 Å². The van der Waals surface area contributed by atoms with Crippen LogP contribution in [0.2, 0.25) is 0 Å². The van der Waals surface area contributed by atoms with Gasteiger partial charge in [0.25, 0.3) is 11.5 Å². The van der Waals surface area contributed by atoms with Crippen LogP contribution in [0.5, 0.6) is 0 Å². The highest BCUT2D eigenvalue weighted by Gasteiger charge is 2.37. The molecule has 0 bridgehead atoms. The summed E-state index contributed by atoms with van der Waals surface area (Å²) in [5, 5.41) is 6.83. The van der Waals surface area contributed by atoms with Crippen molar-refractivity contribution >= 4 is 24.0 Å². The molecule has 0 spiro atoms. The van der Waals surface area contributed by atoms with E-state index in [-0.39, 0.29) is 23.3 Å². The number of carbonyl (C=O) groups excluding carboxylic acids is 2. The van der Waals surface area contributed by atoms with Crippen LogP contribution in [-0.4, -0.2) is 21.6 Å². The Balaban J connectivity index is 0.000000552. The van der Waals surface area contributed by atoms with Gasteiger partial charge in [-0.15, -0.1) is 0 Å². The Morgan fingerprint density at radius 3 is 2.42 bits per heavy atom. The molecule has 2 aliphatic rings. The van der Waals surface area contributed by atoms with Crippen LogP contribution in [0.25, 0.3) is 12.2 Å². The number of carbonyl (C=O) groups is 2. The normalized spacial score (nSPS) is 24.4. The van der Waals surface area contributed by atoms with E-state index in [2.05, 4.69) is 38.1 Å². The van der Waals surface area contributed by atoms with Crippen LogP contribution in [-0.2, 0) is 9.59 Å². The predicted octanol–water partition coefficient (Wildman–Crippen LogP) is 1.44. The van der Waals surface area contributed by atoms with Gasteiger partial charge in [-0.1, -0.05) is 53.7 Å². The molecule has 1 aliphatic carbocycles. The summed E-state index contributed by atoms with van der Waals surface area (Å²) in [4.78, 5) is 36.7. The number of nitrogens with zero attached hydrogens (tertiary/aromatic N) is 1. The van der Waals surface area contributed by atoms with E-state index in [1.165, 1.54) is 4.68 Å². The maximum absolute atomic E-state index is 12.6. The third kappa shape index (κ3) is 4.74. The van der Waals surface area contributed by atoms with Gasteiger partial charge in [0.2, 0.25) is 5.91 Å². The van der Waals surface area contributed by atoms with E-state index < -0.39 is 11.9 Å². The number of hydrogen-bond acceptors (Lipinski definition) is 3. The van der Waals surface area contributed by atoms with E-state index in [1.807, 2.05) is 26.0 Å². The molecule has 2 atom stereocenters. The average molecular weight is 361 g/mol. The fourth-order valence-corrected chi connectivity index (χ4v) is 3.27. The lowest BCUT2D eigenvalue weighted by atomic mass is 9.83. The van der Waals surface area contributed by atoms with E-state index in [4.69, 9.17) is 0 Å². The Morgan fingerprint density at radius 1 is 1.19 bits per heavy atom. The molecule has 0 saturated carbocycles. The third-order valence-electron chi connectivity index (χ3n) is 4.39. The second-order valence-electron chi connectivity index (χ2n) is 8.90. The molecule has 6 nitrogen and oxygen atoms in total. The molecule has 2 N–H and O–H groups in total. The summed E-state index contributed by atoms with van der Waals surface area (Å²) in [7, 11) is 0. The smallest absolute Gasteiger partial charge is 0.274 e. The van der Waals surface area contributed by atoms with Gasteiger partial charge in [0.05, 0.1) is 10.6 Å². The minimum Gasteiger partial charge on any atom is -0.295 e. The summed E-state index contributed by atoms with van der Waals surface area (Å²) < 4.78 is 1.38. The van der Waals surface area contributed by atoms with Crippen LogP contribution >= 0.6 is 0 Å². The molecule has 2 heterocycles. The van der Waals surface area contributed by atoms with E-state index in [0.717, 1.165) is 17.7 Å². The van der Waals surface area contributed by atoms with Gasteiger partial charge >= 0.3 is 0 Å². The van der Waals surface area contributed by atoms with E-state index >= 15 is 0 Å². The van der Waals surface area contributed by atoms with Gasteiger partial charge in [0, 0.05) is 6.42 Å². The zero-order chi connectivity index (χ0) is 19.6. The van der Waals surface area contributed by atoms with Crippen molar-refractivity contribution in [3.8, 4) is 0 Å². The Bertz CT molecular complexity index is 855. The van der Waals surface area contributed by atoms with Gasteiger partial charge in [-0.25, -0.2) is 4.68 Å². The Kier molecular flexibility index (Phi) is 5.94. The first kappa shape index (κ1) is 20.2. The summed E-state index contributed by atoms with van der Waals surface area (Å²) in [5.41, 5.74) is -0.532. The second kappa shape index (κ2) is 7.64. The molecular weight excluding hydrogens is 330 g/mol. The van der Waals surface area contributed by atoms with Crippen molar-refractivity contribution in [3.63, 3.8) is 0 Å². The zero-order valence-electron chi connectivity index (χ0n) is 16.7. The number of imide groups is 1. The largest absolute Gasteiger partial charge is 0.295 e. The number of nitrogens with one attached hydrogen (secondary N) is 2. The number of rotatable bonds is 1. The molecule has 0 aromatic carbocycles. The van der Waals surface area contributed by atoms with Crippen LogP contribution in [0, 0.1) is 17.3 Å². The molecule has 1 aromatic rings. The molecule has 144 valence electrons. The van der Waals surface area contributed by atoms with Crippen molar-refractivity contribution < 1.29 is 9.59 Å². The zero-order valence-corrected chi connectivity index (χ0v) is 16.7. The second-order valence-corrected chi connectivity index (χ2v) is 8.90. The lowest BCUT2D eigenvalue weighted by Crippen LogP contribution is -2.41. The summed E-state index contributed by atoms with van der Waals surface area (Å²) in [6, 6.07) is -0.684. The number of amides is 2. The van der Waals surface area contributed by atoms with Crippen LogP contribution in [0.15, 0.2) is 4.79 Å². The van der Waals surface area contributed by atoms with Gasteiger partial charge < -0.3 is 0 Å². The molecule has 2 unspecified atom stereocenters. The molecule has 1 saturated heterocycles. The standard InChI is InChI=1S/C16H21N3O3.C4H10/c1-9-4-5-11-10(6-9)15(22)19(18-11)12-7-16(2,3)8-13(20)17-14(12)21;1-4(2)3/h5-6,9,12,18H,4,7-8H2,1-3H3,(H,17,20,21);4H,1-3H3. The van der Waals surface area contributed by atoms with Crippen molar-refractivity contribution in [2.24, 2.45) is 17.3 Å². The molecule has 2 amide bonds. The predicted molar refractivity (Wildman–Crippen MR) is 103 cm³/mol. The maximum atomic E-state index is 12.6. The summed E-state index contributed by atoms with van der Waals surface area (Å²) >= 11 is 0. The Labute approximate surface area is 154 Å². The molecule has 6 heteroatoms. The molecule has 1 aliphatic heterocycles. The molecule has 0 radical (unpaired) electrons. The maximum Gasteiger partial charge on any atom is 0.274 e. The van der Waals surface area contributed by atoms with Gasteiger partial charge in [0.1, 0.15) is 6.04 Å². The number of H-pyrrole nitrogens is 1. The first-order valence-electron chi connectivity index (χ1n) is 9.36. The van der Waals surface area contributed by atoms with E-state index in [9.17, 15) is 14.4 Å². The highest BCUT2D eigenvalue weighted by molar-refractivity contribution is 5.98. The molecular formula is C20H31N3O3. The molecule has 3 rings (SSSR count). The van der Waals surface area contributed by atoms with E-state index in [1.54, 1.807) is 0 Å². The van der Waals surface area contributed by atoms with Crippen molar-refractivity contribution in [2.45, 2.75) is 66.8 Å². The van der Waals surface area contributed by atoms with Crippen LogP contribution < -0.4 is 21.4 Å². The van der Waals surface area contributed by atoms with E-state index in [0.29, 0.717) is 17.6 Å². The first-order valence-corrected chi connectivity index (χ1v) is 9.36. The fourth-order valence-electron chi connectivity index (χ4n) is 3.27. The minimum atomic E-state index is -0.684. The van der Waals surface area contributed by atoms with Crippen LogP contribution in [0.3, 0.4) is 0 Å². The highest BCUT2D eigenvalue weighted by Crippen LogP contribution is 2.33. The first-order chi connectivity index (χ1) is 12.0. The topological polar surface area (TPSA) is 84.0 Å². The van der Waals surface area contributed by atoms with Crippen molar-refractivity contribution in [3.05, 3.63) is 20.9 Å². The lowest BCUT2D eigenvalue weighted by Gasteiger charge is -2.24. The van der Waals surface area contributed by atoms with Gasteiger partial charge in [-0.2, -0.15) is 0 Å². The monoisotopic (exact) mass is 361 g/mol. The number of hydrogen-bond donors (Lipinski definition) is 2. The van der Waals surface area contributed by atoms with Gasteiger partial charge in [0.15, 0.2) is 0 Å². The van der Waals surface area contributed by atoms with Crippen molar-refractivity contribution in [2.75, 3.05) is 0 Å². The third-order valence-corrected chi connectivity index (χ3v) is 4.39. The number of fused-ring (bicyclic) bond motifs is 1. The van der Waals surface area contributed by atoms with Crippen molar-refractivity contribution in [1.82, 2.24) is 15.1 Å². The molecule has 26 heavy (non-hydrogen) atoms. The van der Waals surface area contributed by atoms with Crippen LogP contribution in [0.4, 0.5) is 0 Å². The summed E-state index contributed by atoms with van der Waals surface area (Å²) in [5.74, 6) is 0.448. The Hall–Kier alpha value is -2.11. The lowest BCUT2D eigenvalue weighted by molar-refractivity contribution is -0.131. The molecule has 1 aromatic heterocycles. The van der Waals surface area contributed by atoms with Crippen molar-refractivity contribution in [1.29, 1.82) is 0 Å². The highest BCUT2D eigenvalue weighted by atomic mass is 16.2.